The maximum absolute atomic E-state index is 14.6. The first-order chi connectivity index (χ1) is 15.5. The van der Waals surface area contributed by atoms with Gasteiger partial charge in [-0.15, -0.1) is 0 Å². The molecule has 0 unspecified atom stereocenters. The zero-order chi connectivity index (χ0) is 22.2. The minimum Gasteiger partial charge on any atom is -0.269 e. The summed E-state index contributed by atoms with van der Waals surface area (Å²) in [4.78, 5) is 35.0. The first-order valence-electron chi connectivity index (χ1n) is 9.90. The predicted octanol–water partition coefficient (Wildman–Crippen LogP) is 4.13. The van der Waals surface area contributed by atoms with Crippen molar-refractivity contribution in [3.63, 3.8) is 0 Å². The van der Waals surface area contributed by atoms with Crippen LogP contribution in [0.25, 0.3) is 22.2 Å². The van der Waals surface area contributed by atoms with E-state index in [2.05, 4.69) is 9.97 Å². The minimum absolute atomic E-state index is 0.126. The maximum atomic E-state index is 14.6. The molecule has 0 aliphatic carbocycles. The highest BCUT2D eigenvalue weighted by molar-refractivity contribution is 7.98. The number of hydrogen-bond donors (Lipinski definition) is 0. The van der Waals surface area contributed by atoms with E-state index in [9.17, 15) is 14.0 Å². The Morgan fingerprint density at radius 1 is 0.969 bits per heavy atom. The largest absolute Gasteiger partial charge is 0.269 e. The Hall–Kier alpha value is -3.78. The number of para-hydroxylation sites is 2. The summed E-state index contributed by atoms with van der Waals surface area (Å²) in [5.74, 6) is -0.231. The first-order valence-corrected chi connectivity index (χ1v) is 10.9. The summed E-state index contributed by atoms with van der Waals surface area (Å²) < 4.78 is 17.4. The molecule has 0 saturated carbocycles. The monoisotopic (exact) mass is 444 g/mol. The van der Waals surface area contributed by atoms with Gasteiger partial charge in [0.15, 0.2) is 5.16 Å². The van der Waals surface area contributed by atoms with Crippen molar-refractivity contribution in [3.8, 4) is 5.69 Å². The fraction of sp³-hybridized carbons (Fsp3) is 0.0833. The van der Waals surface area contributed by atoms with E-state index < -0.39 is 5.82 Å². The molecule has 0 N–H and O–H groups in total. The number of thioether (sulfide) groups is 1. The highest BCUT2D eigenvalue weighted by Gasteiger charge is 2.16. The van der Waals surface area contributed by atoms with Gasteiger partial charge in [0, 0.05) is 18.0 Å². The lowest BCUT2D eigenvalue weighted by atomic mass is 10.2. The van der Waals surface area contributed by atoms with E-state index >= 15 is 0 Å². The number of fused-ring (bicyclic) bond motifs is 2. The molecule has 0 aliphatic heterocycles. The summed E-state index contributed by atoms with van der Waals surface area (Å²) >= 11 is 1.23. The van der Waals surface area contributed by atoms with Crippen molar-refractivity contribution in [2.24, 2.45) is 0 Å². The topological polar surface area (TPSA) is 69.3 Å². The highest BCUT2D eigenvalue weighted by Crippen LogP contribution is 2.25. The van der Waals surface area contributed by atoms with Crippen LogP contribution in [0.15, 0.2) is 87.7 Å². The Morgan fingerprint density at radius 2 is 1.75 bits per heavy atom. The van der Waals surface area contributed by atoms with Crippen LogP contribution in [0.3, 0.4) is 0 Å². The van der Waals surface area contributed by atoms with Crippen LogP contribution in [0.5, 0.6) is 0 Å². The Balaban J connectivity index is 1.63. The maximum Gasteiger partial charge on any atom is 0.266 e. The SMILES string of the molecule is Cc1cccn2c(=O)cc(CSc3nc4ccccc4c(=O)n3-c3ccccc3F)nc12. The Bertz CT molecular complexity index is 1610. The zero-order valence-electron chi connectivity index (χ0n) is 17.0. The second kappa shape index (κ2) is 8.05. The van der Waals surface area contributed by atoms with Gasteiger partial charge < -0.3 is 0 Å². The molecule has 158 valence electrons. The van der Waals surface area contributed by atoms with Crippen molar-refractivity contribution >= 4 is 28.3 Å². The van der Waals surface area contributed by atoms with Crippen LogP contribution in [-0.4, -0.2) is 18.9 Å². The van der Waals surface area contributed by atoms with E-state index in [1.165, 1.54) is 32.9 Å². The summed E-state index contributed by atoms with van der Waals surface area (Å²) in [6, 6.07) is 18.2. The molecule has 0 amide bonds. The number of halogens is 1. The molecular formula is C24H17FN4O2S. The second-order valence-electron chi connectivity index (χ2n) is 7.26. The number of benzene rings is 2. The molecule has 3 heterocycles. The first kappa shape index (κ1) is 20.1. The molecule has 2 aromatic carbocycles. The molecule has 5 aromatic rings. The summed E-state index contributed by atoms with van der Waals surface area (Å²) in [6.07, 6.45) is 1.68. The summed E-state index contributed by atoms with van der Waals surface area (Å²) in [5.41, 5.74) is 2.11. The van der Waals surface area contributed by atoms with E-state index in [0.717, 1.165) is 5.56 Å². The average Bonchev–Trinajstić information content (AvgIpc) is 2.79. The number of rotatable bonds is 4. The van der Waals surface area contributed by atoms with E-state index in [1.807, 2.05) is 13.0 Å². The number of hydrogen-bond acceptors (Lipinski definition) is 5. The fourth-order valence-electron chi connectivity index (χ4n) is 3.58. The van der Waals surface area contributed by atoms with Gasteiger partial charge in [-0.05, 0) is 42.8 Å². The zero-order valence-corrected chi connectivity index (χ0v) is 17.8. The van der Waals surface area contributed by atoms with Gasteiger partial charge in [-0.1, -0.05) is 42.1 Å². The lowest BCUT2D eigenvalue weighted by Gasteiger charge is -2.14. The van der Waals surface area contributed by atoms with Crippen molar-refractivity contribution in [1.29, 1.82) is 0 Å². The van der Waals surface area contributed by atoms with Crippen molar-refractivity contribution in [2.75, 3.05) is 0 Å². The third-order valence-corrected chi connectivity index (χ3v) is 6.10. The summed E-state index contributed by atoms with van der Waals surface area (Å²) in [7, 11) is 0. The molecule has 0 fully saturated rings. The lowest BCUT2D eigenvalue weighted by Crippen LogP contribution is -2.22. The van der Waals surface area contributed by atoms with E-state index in [0.29, 0.717) is 33.2 Å². The lowest BCUT2D eigenvalue weighted by molar-refractivity contribution is 0.608. The van der Waals surface area contributed by atoms with E-state index in [-0.39, 0.29) is 16.8 Å². The van der Waals surface area contributed by atoms with E-state index in [1.54, 1.807) is 54.7 Å². The van der Waals surface area contributed by atoms with Crippen LogP contribution < -0.4 is 11.1 Å². The molecule has 0 atom stereocenters. The van der Waals surface area contributed by atoms with Gasteiger partial charge in [-0.2, -0.15) is 0 Å². The molecule has 0 bridgehead atoms. The van der Waals surface area contributed by atoms with Crippen molar-refractivity contribution < 1.29 is 4.39 Å². The van der Waals surface area contributed by atoms with Gasteiger partial charge in [0.2, 0.25) is 0 Å². The molecule has 5 rings (SSSR count). The predicted molar refractivity (Wildman–Crippen MR) is 123 cm³/mol. The highest BCUT2D eigenvalue weighted by atomic mass is 32.2. The van der Waals surface area contributed by atoms with Gasteiger partial charge in [0.1, 0.15) is 11.5 Å². The molecule has 6 nitrogen and oxygen atoms in total. The molecule has 0 saturated heterocycles. The van der Waals surface area contributed by atoms with Crippen molar-refractivity contribution in [1.82, 2.24) is 18.9 Å². The molecule has 3 aromatic heterocycles. The molecule has 0 spiro atoms. The third-order valence-electron chi connectivity index (χ3n) is 5.13. The van der Waals surface area contributed by atoms with Gasteiger partial charge in [-0.3, -0.25) is 18.6 Å². The quantitative estimate of drug-likeness (QED) is 0.308. The Kier molecular flexibility index (Phi) is 5.07. The molecule has 0 aliphatic rings. The third kappa shape index (κ3) is 3.48. The standard InChI is InChI=1S/C24H17FN4O2S/c1-15-7-6-12-28-21(30)13-16(26-22(15)28)14-32-24-27-19-10-4-2-8-17(19)23(31)29(24)20-11-5-3-9-18(20)25/h2-13H,14H2,1H3. The summed E-state index contributed by atoms with van der Waals surface area (Å²) in [5, 5.41) is 0.725. The summed E-state index contributed by atoms with van der Waals surface area (Å²) in [6.45, 7) is 1.89. The van der Waals surface area contributed by atoms with Crippen molar-refractivity contribution in [2.45, 2.75) is 17.8 Å². The van der Waals surface area contributed by atoms with Crippen LogP contribution >= 0.6 is 11.8 Å². The van der Waals surface area contributed by atoms with Crippen molar-refractivity contribution in [3.05, 3.63) is 111 Å². The number of nitrogens with zero attached hydrogens (tertiary/aromatic N) is 4. The Labute approximate surface area is 186 Å². The van der Waals surface area contributed by atoms with E-state index in [4.69, 9.17) is 0 Å². The van der Waals surface area contributed by atoms with Crippen LogP contribution in [0.2, 0.25) is 0 Å². The minimum atomic E-state index is -0.522. The van der Waals surface area contributed by atoms with Crippen LogP contribution in [0, 0.1) is 12.7 Å². The Morgan fingerprint density at radius 3 is 2.59 bits per heavy atom. The number of aryl methyl sites for hydroxylation is 1. The molecule has 0 radical (unpaired) electrons. The van der Waals surface area contributed by atoms with Crippen LogP contribution in [0.1, 0.15) is 11.3 Å². The molecular weight excluding hydrogens is 427 g/mol. The fourth-order valence-corrected chi connectivity index (χ4v) is 4.47. The van der Waals surface area contributed by atoms with Gasteiger partial charge >= 0.3 is 0 Å². The van der Waals surface area contributed by atoms with Gasteiger partial charge in [-0.25, -0.2) is 14.4 Å². The second-order valence-corrected chi connectivity index (χ2v) is 8.21. The normalized spacial score (nSPS) is 11.3. The van der Waals surface area contributed by atoms with Crippen LogP contribution in [0.4, 0.5) is 4.39 Å². The van der Waals surface area contributed by atoms with Gasteiger partial charge in [0.05, 0.1) is 22.3 Å². The average molecular weight is 444 g/mol. The van der Waals surface area contributed by atoms with Gasteiger partial charge in [0.25, 0.3) is 11.1 Å². The van der Waals surface area contributed by atoms with Crippen LogP contribution in [-0.2, 0) is 5.75 Å². The smallest absolute Gasteiger partial charge is 0.266 e. The number of aromatic nitrogens is 4. The number of pyridine rings is 1. The molecule has 32 heavy (non-hydrogen) atoms. The molecule has 8 heteroatoms.